The molecule has 0 aliphatic carbocycles. The van der Waals surface area contributed by atoms with E-state index in [1.54, 1.807) is 4.31 Å². The molecule has 0 bridgehead atoms. The van der Waals surface area contributed by atoms with Crippen molar-refractivity contribution in [1.82, 2.24) is 14.3 Å². The van der Waals surface area contributed by atoms with Gasteiger partial charge in [-0.3, -0.25) is 0 Å². The highest BCUT2D eigenvalue weighted by molar-refractivity contribution is 7.89. The lowest BCUT2D eigenvalue weighted by Crippen LogP contribution is -2.43. The molecule has 2 heterocycles. The molecule has 1 saturated heterocycles. The van der Waals surface area contributed by atoms with Crippen LogP contribution in [0.1, 0.15) is 32.6 Å². The fraction of sp³-hybridized carbons (Fsp3) is 0.700. The molecule has 1 aromatic heterocycles. The van der Waals surface area contributed by atoms with Gasteiger partial charge in [-0.05, 0) is 19.3 Å². The maximum Gasteiger partial charge on any atom is 0.260 e. The summed E-state index contributed by atoms with van der Waals surface area (Å²) < 4.78 is 26.2. The zero-order valence-electron chi connectivity index (χ0n) is 9.39. The lowest BCUT2D eigenvalue weighted by atomic mass is 10.0. The van der Waals surface area contributed by atoms with E-state index in [2.05, 4.69) is 9.97 Å². The summed E-state index contributed by atoms with van der Waals surface area (Å²) in [7, 11) is -3.36. The number of sulfonamides is 1. The first kappa shape index (κ1) is 11.6. The molecule has 16 heavy (non-hydrogen) atoms. The van der Waals surface area contributed by atoms with Crippen molar-refractivity contribution in [2.24, 2.45) is 0 Å². The van der Waals surface area contributed by atoms with Crippen LogP contribution in [0.5, 0.6) is 0 Å². The third kappa shape index (κ3) is 1.99. The molecule has 90 valence electrons. The van der Waals surface area contributed by atoms with Crippen LogP contribution in [-0.4, -0.2) is 35.3 Å². The van der Waals surface area contributed by atoms with Gasteiger partial charge in [-0.15, -0.1) is 0 Å². The average Bonchev–Trinajstić information content (AvgIpc) is 2.83. The molecule has 0 aromatic carbocycles. The molecule has 0 amide bonds. The zero-order valence-corrected chi connectivity index (χ0v) is 10.2. The fourth-order valence-electron chi connectivity index (χ4n) is 2.21. The van der Waals surface area contributed by atoms with Gasteiger partial charge in [0.25, 0.3) is 10.0 Å². The van der Waals surface area contributed by atoms with Gasteiger partial charge in [-0.25, -0.2) is 13.4 Å². The van der Waals surface area contributed by atoms with E-state index in [0.29, 0.717) is 6.54 Å². The van der Waals surface area contributed by atoms with Crippen molar-refractivity contribution in [2.75, 3.05) is 6.54 Å². The van der Waals surface area contributed by atoms with Crippen LogP contribution in [-0.2, 0) is 10.0 Å². The summed E-state index contributed by atoms with van der Waals surface area (Å²) in [5, 5.41) is 0.202. The van der Waals surface area contributed by atoms with Gasteiger partial charge < -0.3 is 4.98 Å². The molecule has 6 heteroatoms. The number of H-pyrrole nitrogens is 1. The van der Waals surface area contributed by atoms with Crippen molar-refractivity contribution in [3.05, 3.63) is 12.5 Å². The topological polar surface area (TPSA) is 66.1 Å². The molecule has 5 nitrogen and oxygen atoms in total. The van der Waals surface area contributed by atoms with Crippen LogP contribution in [0.3, 0.4) is 0 Å². The SMILES string of the molecule is CCC1CCCCN1S(=O)(=O)c1cnc[nH]1. The Balaban J connectivity index is 2.28. The van der Waals surface area contributed by atoms with Gasteiger partial charge in [0.2, 0.25) is 0 Å². The second-order valence-electron chi connectivity index (χ2n) is 4.09. The van der Waals surface area contributed by atoms with Gasteiger partial charge in [0.05, 0.1) is 12.5 Å². The lowest BCUT2D eigenvalue weighted by Gasteiger charge is -2.33. The van der Waals surface area contributed by atoms with Crippen molar-refractivity contribution in [2.45, 2.75) is 43.7 Å². The number of nitrogens with one attached hydrogen (secondary N) is 1. The van der Waals surface area contributed by atoms with Crippen molar-refractivity contribution in [3.63, 3.8) is 0 Å². The highest BCUT2D eigenvalue weighted by Crippen LogP contribution is 2.25. The smallest absolute Gasteiger partial charge is 0.260 e. The van der Waals surface area contributed by atoms with Gasteiger partial charge in [0.15, 0.2) is 5.03 Å². The molecule has 1 aliphatic rings. The van der Waals surface area contributed by atoms with Gasteiger partial charge in [0, 0.05) is 12.6 Å². The number of nitrogens with zero attached hydrogens (tertiary/aromatic N) is 2. The Bertz CT molecular complexity index is 427. The number of piperidine rings is 1. The third-order valence-electron chi connectivity index (χ3n) is 3.10. The van der Waals surface area contributed by atoms with E-state index in [4.69, 9.17) is 0 Å². The lowest BCUT2D eigenvalue weighted by molar-refractivity contribution is 0.246. The van der Waals surface area contributed by atoms with Crippen LogP contribution in [0.4, 0.5) is 0 Å². The standard InChI is InChI=1S/C10H17N3O2S/c1-2-9-5-3-4-6-13(9)16(14,15)10-7-11-8-12-10/h7-9H,2-6H2,1H3,(H,11,12). The second kappa shape index (κ2) is 4.55. The first-order chi connectivity index (χ1) is 7.66. The van der Waals surface area contributed by atoms with Crippen LogP contribution in [0, 0.1) is 0 Å². The summed E-state index contributed by atoms with van der Waals surface area (Å²) in [6.07, 6.45) is 6.67. The molecule has 1 N–H and O–H groups in total. The van der Waals surface area contributed by atoms with Crippen LogP contribution in [0.2, 0.25) is 0 Å². The highest BCUT2D eigenvalue weighted by Gasteiger charge is 2.33. The number of hydrogen-bond donors (Lipinski definition) is 1. The molecule has 1 unspecified atom stereocenters. The summed E-state index contributed by atoms with van der Waals surface area (Å²) in [6.45, 7) is 2.66. The second-order valence-corrected chi connectivity index (χ2v) is 5.95. The quantitative estimate of drug-likeness (QED) is 0.871. The molecule has 1 fully saturated rings. The van der Waals surface area contributed by atoms with Crippen molar-refractivity contribution in [3.8, 4) is 0 Å². The average molecular weight is 243 g/mol. The Morgan fingerprint density at radius 2 is 2.38 bits per heavy atom. The summed E-state index contributed by atoms with van der Waals surface area (Å²) in [5.74, 6) is 0. The van der Waals surface area contributed by atoms with E-state index < -0.39 is 10.0 Å². The molecule has 0 radical (unpaired) electrons. The van der Waals surface area contributed by atoms with Crippen molar-refractivity contribution in [1.29, 1.82) is 0 Å². The number of aromatic amines is 1. The summed E-state index contributed by atoms with van der Waals surface area (Å²) in [4.78, 5) is 6.45. The highest BCUT2D eigenvalue weighted by atomic mass is 32.2. The van der Waals surface area contributed by atoms with Crippen LogP contribution < -0.4 is 0 Å². The summed E-state index contributed by atoms with van der Waals surface area (Å²) in [5.41, 5.74) is 0. The molecule has 1 aliphatic heterocycles. The van der Waals surface area contributed by atoms with E-state index in [1.165, 1.54) is 12.5 Å². The van der Waals surface area contributed by atoms with Crippen molar-refractivity contribution < 1.29 is 8.42 Å². The number of aromatic nitrogens is 2. The van der Waals surface area contributed by atoms with E-state index in [-0.39, 0.29) is 11.1 Å². The predicted octanol–water partition coefficient (Wildman–Crippen LogP) is 1.36. The Hall–Kier alpha value is -0.880. The van der Waals surface area contributed by atoms with E-state index in [1.807, 2.05) is 6.92 Å². The maximum absolute atomic E-state index is 12.3. The molecular formula is C10H17N3O2S. The minimum atomic E-state index is -3.36. The fourth-order valence-corrected chi connectivity index (χ4v) is 3.87. The normalized spacial score (nSPS) is 23.4. The Kier molecular flexibility index (Phi) is 3.30. The molecule has 1 aromatic rings. The van der Waals surface area contributed by atoms with Gasteiger partial charge >= 0.3 is 0 Å². The molecule has 2 rings (SSSR count). The number of rotatable bonds is 3. The third-order valence-corrected chi connectivity index (χ3v) is 4.98. The maximum atomic E-state index is 12.3. The Morgan fingerprint density at radius 1 is 1.56 bits per heavy atom. The Labute approximate surface area is 95.9 Å². The predicted molar refractivity (Wildman–Crippen MR) is 60.4 cm³/mol. The number of imidazole rings is 1. The first-order valence-corrected chi connectivity index (χ1v) is 7.10. The van der Waals surface area contributed by atoms with E-state index >= 15 is 0 Å². The van der Waals surface area contributed by atoms with Gasteiger partial charge in [-0.2, -0.15) is 4.31 Å². The largest absolute Gasteiger partial charge is 0.335 e. The van der Waals surface area contributed by atoms with Crippen LogP contribution >= 0.6 is 0 Å². The Morgan fingerprint density at radius 3 is 3.00 bits per heavy atom. The minimum Gasteiger partial charge on any atom is -0.335 e. The summed E-state index contributed by atoms with van der Waals surface area (Å²) in [6, 6.07) is 0.141. The van der Waals surface area contributed by atoms with E-state index in [9.17, 15) is 8.42 Å². The van der Waals surface area contributed by atoms with E-state index in [0.717, 1.165) is 25.7 Å². The molecule has 0 spiro atoms. The summed E-state index contributed by atoms with van der Waals surface area (Å²) >= 11 is 0. The van der Waals surface area contributed by atoms with Crippen molar-refractivity contribution >= 4 is 10.0 Å². The molecule has 1 atom stereocenters. The first-order valence-electron chi connectivity index (χ1n) is 5.66. The van der Waals surface area contributed by atoms with Crippen LogP contribution in [0.25, 0.3) is 0 Å². The number of hydrogen-bond acceptors (Lipinski definition) is 3. The van der Waals surface area contributed by atoms with Gasteiger partial charge in [-0.1, -0.05) is 13.3 Å². The van der Waals surface area contributed by atoms with Gasteiger partial charge in [0.1, 0.15) is 0 Å². The minimum absolute atomic E-state index is 0.141. The molecule has 0 saturated carbocycles. The van der Waals surface area contributed by atoms with Crippen LogP contribution in [0.15, 0.2) is 17.6 Å². The zero-order chi connectivity index (χ0) is 11.6. The monoisotopic (exact) mass is 243 g/mol. The molecular weight excluding hydrogens is 226 g/mol.